The Kier molecular flexibility index (Phi) is 8.57. The zero-order valence-corrected chi connectivity index (χ0v) is 18.0. The van der Waals surface area contributed by atoms with Crippen LogP contribution in [0.25, 0.3) is 0 Å². The van der Waals surface area contributed by atoms with Crippen molar-refractivity contribution in [2.45, 2.75) is 19.3 Å². The van der Waals surface area contributed by atoms with E-state index in [0.717, 1.165) is 4.31 Å². The maximum atomic E-state index is 12.8. The van der Waals surface area contributed by atoms with Gasteiger partial charge in [0.15, 0.2) is 0 Å². The van der Waals surface area contributed by atoms with Crippen LogP contribution in [0, 0.1) is 5.92 Å². The van der Waals surface area contributed by atoms with Crippen molar-refractivity contribution >= 4 is 27.7 Å². The van der Waals surface area contributed by atoms with Gasteiger partial charge in [-0.25, -0.2) is 0 Å². The molecule has 10 heteroatoms. The molecule has 0 radical (unpaired) electrons. The number of anilines is 1. The molecule has 0 unspecified atom stereocenters. The van der Waals surface area contributed by atoms with E-state index < -0.39 is 16.1 Å². The summed E-state index contributed by atoms with van der Waals surface area (Å²) in [5, 5.41) is 5.61. The standard InChI is InChI=1S/C19H30N4O5S/c1-22(2)29(26,27)23-12-6-8-15(14-23)18(24)21-17-10-5-4-9-16(17)19(25)20-11-7-13-28-3/h4-5,9-10,15H,6-8,11-14H2,1-3H3,(H,20,25)(H,21,24)/t15-/m1/s1. The van der Waals surface area contributed by atoms with Gasteiger partial charge in [0.2, 0.25) is 5.91 Å². The van der Waals surface area contributed by atoms with Crippen molar-refractivity contribution in [3.8, 4) is 0 Å². The molecule has 2 amide bonds. The number of nitrogens with one attached hydrogen (secondary N) is 2. The minimum absolute atomic E-state index is 0.123. The molecule has 0 saturated carbocycles. The van der Waals surface area contributed by atoms with E-state index in [2.05, 4.69) is 10.6 Å². The second-order valence-corrected chi connectivity index (χ2v) is 9.27. The summed E-state index contributed by atoms with van der Waals surface area (Å²) in [6, 6.07) is 6.77. The molecule has 0 aromatic heterocycles. The zero-order chi connectivity index (χ0) is 21.4. The van der Waals surface area contributed by atoms with Crippen LogP contribution < -0.4 is 10.6 Å². The lowest BCUT2D eigenvalue weighted by molar-refractivity contribution is -0.120. The first-order valence-electron chi connectivity index (χ1n) is 9.62. The summed E-state index contributed by atoms with van der Waals surface area (Å²) in [7, 11) is 0.982. The SMILES string of the molecule is COCCCNC(=O)c1ccccc1NC(=O)[C@@H]1CCCN(S(=O)(=O)N(C)C)C1. The van der Waals surface area contributed by atoms with Crippen molar-refractivity contribution in [3.05, 3.63) is 29.8 Å². The number of hydrogen-bond acceptors (Lipinski definition) is 5. The third-order valence-corrected chi connectivity index (χ3v) is 6.69. The van der Waals surface area contributed by atoms with Crippen LogP contribution in [0.2, 0.25) is 0 Å². The minimum Gasteiger partial charge on any atom is -0.385 e. The molecule has 162 valence electrons. The lowest BCUT2D eigenvalue weighted by atomic mass is 9.98. The van der Waals surface area contributed by atoms with Gasteiger partial charge in [-0.3, -0.25) is 9.59 Å². The number of para-hydroxylation sites is 1. The van der Waals surface area contributed by atoms with Gasteiger partial charge in [0.1, 0.15) is 0 Å². The molecular weight excluding hydrogens is 396 g/mol. The van der Waals surface area contributed by atoms with Gasteiger partial charge in [-0.15, -0.1) is 0 Å². The first-order valence-corrected chi connectivity index (χ1v) is 11.0. The first-order chi connectivity index (χ1) is 13.8. The molecule has 1 aliphatic rings. The molecule has 1 fully saturated rings. The average molecular weight is 427 g/mol. The van der Waals surface area contributed by atoms with Gasteiger partial charge in [0.05, 0.1) is 17.2 Å². The van der Waals surface area contributed by atoms with Crippen LogP contribution >= 0.6 is 0 Å². The molecule has 9 nitrogen and oxygen atoms in total. The Labute approximate surface area is 172 Å². The molecule has 1 saturated heterocycles. The van der Waals surface area contributed by atoms with E-state index in [1.54, 1.807) is 31.4 Å². The Morgan fingerprint density at radius 1 is 1.28 bits per heavy atom. The Hall–Kier alpha value is -2.01. The van der Waals surface area contributed by atoms with Crippen LogP contribution in [-0.2, 0) is 19.7 Å². The number of benzene rings is 1. The van der Waals surface area contributed by atoms with Crippen molar-refractivity contribution in [1.82, 2.24) is 13.9 Å². The van der Waals surface area contributed by atoms with Crippen molar-refractivity contribution in [1.29, 1.82) is 0 Å². The summed E-state index contributed by atoms with van der Waals surface area (Å²) in [6.07, 6.45) is 1.89. The molecule has 1 aromatic carbocycles. The first kappa shape index (κ1) is 23.3. The van der Waals surface area contributed by atoms with E-state index in [0.29, 0.717) is 50.2 Å². The smallest absolute Gasteiger partial charge is 0.281 e. The lowest BCUT2D eigenvalue weighted by Crippen LogP contribution is -2.47. The van der Waals surface area contributed by atoms with Gasteiger partial charge in [0, 0.05) is 47.4 Å². The van der Waals surface area contributed by atoms with Crippen molar-refractivity contribution in [2.24, 2.45) is 5.92 Å². The highest BCUT2D eigenvalue weighted by molar-refractivity contribution is 7.86. The molecule has 2 N–H and O–H groups in total. The van der Waals surface area contributed by atoms with Gasteiger partial charge in [-0.05, 0) is 31.4 Å². The van der Waals surface area contributed by atoms with E-state index >= 15 is 0 Å². The summed E-state index contributed by atoms with van der Waals surface area (Å²) < 4.78 is 32.2. The van der Waals surface area contributed by atoms with E-state index in [9.17, 15) is 18.0 Å². The van der Waals surface area contributed by atoms with Gasteiger partial charge < -0.3 is 15.4 Å². The third-order valence-electron chi connectivity index (χ3n) is 4.78. The summed E-state index contributed by atoms with van der Waals surface area (Å²) in [5.74, 6) is -1.04. The van der Waals surface area contributed by atoms with Gasteiger partial charge in [-0.2, -0.15) is 17.0 Å². The second kappa shape index (κ2) is 10.7. The highest BCUT2D eigenvalue weighted by atomic mass is 32.2. The number of rotatable bonds is 9. The van der Waals surface area contributed by atoms with Gasteiger partial charge in [-0.1, -0.05) is 12.1 Å². The zero-order valence-electron chi connectivity index (χ0n) is 17.2. The Morgan fingerprint density at radius 3 is 2.69 bits per heavy atom. The van der Waals surface area contributed by atoms with Crippen LogP contribution in [0.4, 0.5) is 5.69 Å². The maximum absolute atomic E-state index is 12.8. The number of hydrogen-bond donors (Lipinski definition) is 2. The topological polar surface area (TPSA) is 108 Å². The molecule has 1 heterocycles. The molecule has 0 aliphatic carbocycles. The van der Waals surface area contributed by atoms with Crippen LogP contribution in [0.3, 0.4) is 0 Å². The number of piperidine rings is 1. The summed E-state index contributed by atoms with van der Waals surface area (Å²) in [5.41, 5.74) is 0.779. The number of ether oxygens (including phenoxy) is 1. The molecular formula is C19H30N4O5S. The maximum Gasteiger partial charge on any atom is 0.281 e. The minimum atomic E-state index is -3.56. The highest BCUT2D eigenvalue weighted by Gasteiger charge is 2.33. The van der Waals surface area contributed by atoms with E-state index in [-0.39, 0.29) is 18.4 Å². The predicted molar refractivity (Wildman–Crippen MR) is 111 cm³/mol. The molecule has 0 spiro atoms. The quantitative estimate of drug-likeness (QED) is 0.571. The van der Waals surface area contributed by atoms with Gasteiger partial charge in [0.25, 0.3) is 16.1 Å². The van der Waals surface area contributed by atoms with Crippen molar-refractivity contribution < 1.29 is 22.7 Å². The molecule has 1 aromatic rings. The third kappa shape index (κ3) is 6.23. The molecule has 2 rings (SSSR count). The second-order valence-electron chi connectivity index (χ2n) is 7.12. The average Bonchev–Trinajstić information content (AvgIpc) is 2.71. The van der Waals surface area contributed by atoms with E-state index in [1.165, 1.54) is 18.4 Å². The van der Waals surface area contributed by atoms with Crippen LogP contribution in [0.5, 0.6) is 0 Å². The van der Waals surface area contributed by atoms with E-state index in [1.807, 2.05) is 0 Å². The number of methoxy groups -OCH3 is 1. The number of amides is 2. The van der Waals surface area contributed by atoms with Crippen LogP contribution in [0.1, 0.15) is 29.6 Å². The van der Waals surface area contributed by atoms with Gasteiger partial charge >= 0.3 is 0 Å². The molecule has 0 bridgehead atoms. The fourth-order valence-corrected chi connectivity index (χ4v) is 4.33. The summed E-state index contributed by atoms with van der Waals surface area (Å²) >= 11 is 0. The fourth-order valence-electron chi connectivity index (χ4n) is 3.14. The monoisotopic (exact) mass is 426 g/mol. The van der Waals surface area contributed by atoms with Crippen LogP contribution in [0.15, 0.2) is 24.3 Å². The lowest BCUT2D eigenvalue weighted by Gasteiger charge is -2.32. The van der Waals surface area contributed by atoms with E-state index in [4.69, 9.17) is 4.74 Å². The number of carbonyl (C=O) groups excluding carboxylic acids is 2. The highest BCUT2D eigenvalue weighted by Crippen LogP contribution is 2.23. The number of nitrogens with zero attached hydrogens (tertiary/aromatic N) is 2. The normalized spacial score (nSPS) is 17.9. The number of carbonyl (C=O) groups is 2. The summed E-state index contributed by atoms with van der Waals surface area (Å²) in [4.78, 5) is 25.2. The fraction of sp³-hybridized carbons (Fsp3) is 0.579. The van der Waals surface area contributed by atoms with Crippen LogP contribution in [-0.4, -0.2) is 76.3 Å². The van der Waals surface area contributed by atoms with Crippen molar-refractivity contribution in [2.75, 3.05) is 52.8 Å². The largest absolute Gasteiger partial charge is 0.385 e. The molecule has 1 atom stereocenters. The molecule has 29 heavy (non-hydrogen) atoms. The van der Waals surface area contributed by atoms with Crippen molar-refractivity contribution in [3.63, 3.8) is 0 Å². The Balaban J connectivity index is 2.04. The summed E-state index contributed by atoms with van der Waals surface area (Å²) in [6.45, 7) is 1.53. The Bertz CT molecular complexity index is 813. The Morgan fingerprint density at radius 2 is 2.00 bits per heavy atom. The molecule has 1 aliphatic heterocycles. The predicted octanol–water partition coefficient (Wildman–Crippen LogP) is 0.910.